The first-order chi connectivity index (χ1) is 9.75. The van der Waals surface area contributed by atoms with Crippen LogP contribution in [0.5, 0.6) is 0 Å². The number of benzene rings is 1. The molecule has 0 aliphatic carbocycles. The van der Waals surface area contributed by atoms with Crippen molar-refractivity contribution < 1.29 is 22.0 Å². The van der Waals surface area contributed by atoms with E-state index in [2.05, 4.69) is 15.3 Å². The fraction of sp³-hybridized carbons (Fsp3) is 0.231. The maximum absolute atomic E-state index is 13.4. The number of hydrogen-bond donors (Lipinski definition) is 1. The molecule has 1 aromatic carbocycles. The van der Waals surface area contributed by atoms with Gasteiger partial charge in [0.15, 0.2) is 0 Å². The van der Waals surface area contributed by atoms with Gasteiger partial charge in [0.25, 0.3) is 0 Å². The lowest BCUT2D eigenvalue weighted by Gasteiger charge is -2.11. The number of nitrogens with zero attached hydrogens (tertiary/aromatic N) is 2. The third-order valence-corrected chi connectivity index (χ3v) is 2.60. The van der Waals surface area contributed by atoms with Crippen LogP contribution in [0.3, 0.4) is 0 Å². The second kappa shape index (κ2) is 5.63. The number of rotatable bonds is 3. The zero-order valence-corrected chi connectivity index (χ0v) is 10.8. The highest BCUT2D eigenvalue weighted by Gasteiger charge is 2.33. The number of alkyl halides is 3. The Morgan fingerprint density at radius 3 is 2.43 bits per heavy atom. The second-order valence-corrected chi connectivity index (χ2v) is 4.27. The van der Waals surface area contributed by atoms with Crippen molar-refractivity contribution in [3.63, 3.8) is 0 Å². The van der Waals surface area contributed by atoms with E-state index in [-0.39, 0.29) is 23.8 Å². The lowest BCUT2D eigenvalue weighted by atomic mass is 10.2. The van der Waals surface area contributed by atoms with Crippen LogP contribution < -0.4 is 5.32 Å². The van der Waals surface area contributed by atoms with Gasteiger partial charge >= 0.3 is 6.18 Å². The lowest BCUT2D eigenvalue weighted by molar-refractivity contribution is -0.141. The molecule has 0 bridgehead atoms. The Morgan fingerprint density at radius 1 is 1.10 bits per heavy atom. The Bertz CT molecular complexity index is 655. The lowest BCUT2D eigenvalue weighted by Crippen LogP contribution is -2.12. The molecule has 2 rings (SSSR count). The molecule has 0 atom stereocenters. The Hall–Kier alpha value is -2.25. The van der Waals surface area contributed by atoms with Crippen molar-refractivity contribution in [2.24, 2.45) is 0 Å². The Labute approximate surface area is 116 Å². The normalized spacial score (nSPS) is 11.5. The number of nitrogens with one attached hydrogen (secondary N) is 1. The molecule has 0 spiro atoms. The molecule has 1 N–H and O–H groups in total. The van der Waals surface area contributed by atoms with E-state index in [0.29, 0.717) is 6.07 Å². The van der Waals surface area contributed by atoms with E-state index in [1.54, 1.807) is 0 Å². The molecule has 0 aliphatic heterocycles. The molecule has 0 radical (unpaired) electrons. The summed E-state index contributed by atoms with van der Waals surface area (Å²) in [6.45, 7) is 1.19. The average molecular weight is 303 g/mol. The van der Waals surface area contributed by atoms with Crippen molar-refractivity contribution in [1.82, 2.24) is 9.97 Å². The fourth-order valence-electron chi connectivity index (χ4n) is 1.65. The Balaban J connectivity index is 2.18. The third kappa shape index (κ3) is 3.87. The van der Waals surface area contributed by atoms with Gasteiger partial charge in [0.05, 0.1) is 0 Å². The molecule has 0 amide bonds. The molecule has 2 aromatic rings. The summed E-state index contributed by atoms with van der Waals surface area (Å²) < 4.78 is 63.9. The summed E-state index contributed by atoms with van der Waals surface area (Å²) in [6.07, 6.45) is -4.59. The summed E-state index contributed by atoms with van der Waals surface area (Å²) in [6, 6.07) is 3.70. The average Bonchev–Trinajstić information content (AvgIpc) is 2.36. The van der Waals surface area contributed by atoms with Gasteiger partial charge in [-0.1, -0.05) is 6.07 Å². The number of aromatic nitrogens is 2. The van der Waals surface area contributed by atoms with Crippen LogP contribution in [-0.2, 0) is 12.7 Å². The van der Waals surface area contributed by atoms with Crippen molar-refractivity contribution in [3.8, 4) is 0 Å². The molecule has 0 saturated carbocycles. The molecule has 0 aliphatic rings. The van der Waals surface area contributed by atoms with E-state index in [9.17, 15) is 22.0 Å². The van der Waals surface area contributed by atoms with Crippen LogP contribution in [0.2, 0.25) is 0 Å². The predicted molar refractivity (Wildman–Crippen MR) is 65.5 cm³/mol. The molecule has 0 fully saturated rings. The summed E-state index contributed by atoms with van der Waals surface area (Å²) >= 11 is 0. The summed E-state index contributed by atoms with van der Waals surface area (Å²) in [5.74, 6) is -1.66. The maximum Gasteiger partial charge on any atom is 0.433 e. The Morgan fingerprint density at radius 2 is 1.81 bits per heavy atom. The number of anilines is 1. The predicted octanol–water partition coefficient (Wildman–Crippen LogP) is 3.69. The van der Waals surface area contributed by atoms with Gasteiger partial charge in [-0.2, -0.15) is 13.2 Å². The molecule has 21 heavy (non-hydrogen) atoms. The highest BCUT2D eigenvalue weighted by Crippen LogP contribution is 2.28. The highest BCUT2D eigenvalue weighted by atomic mass is 19.4. The first-order valence-corrected chi connectivity index (χ1v) is 5.86. The molecule has 1 aromatic heterocycles. The quantitative estimate of drug-likeness (QED) is 0.879. The van der Waals surface area contributed by atoms with Gasteiger partial charge in [-0.25, -0.2) is 18.7 Å². The molecule has 3 nitrogen and oxygen atoms in total. The second-order valence-electron chi connectivity index (χ2n) is 4.27. The number of halogens is 5. The van der Waals surface area contributed by atoms with Gasteiger partial charge < -0.3 is 5.32 Å². The van der Waals surface area contributed by atoms with Crippen LogP contribution in [0.15, 0.2) is 24.3 Å². The van der Waals surface area contributed by atoms with E-state index < -0.39 is 23.5 Å². The molecule has 0 saturated heterocycles. The van der Waals surface area contributed by atoms with Gasteiger partial charge in [0.2, 0.25) is 0 Å². The van der Waals surface area contributed by atoms with Crippen molar-refractivity contribution in [2.75, 3.05) is 5.32 Å². The minimum atomic E-state index is -4.59. The zero-order valence-electron chi connectivity index (χ0n) is 10.8. The van der Waals surface area contributed by atoms with Crippen molar-refractivity contribution in [3.05, 3.63) is 53.0 Å². The summed E-state index contributed by atoms with van der Waals surface area (Å²) in [7, 11) is 0. The van der Waals surface area contributed by atoms with Gasteiger partial charge in [-0.3, -0.25) is 0 Å². The summed E-state index contributed by atoms with van der Waals surface area (Å²) in [5, 5.41) is 2.56. The molecule has 0 unspecified atom stereocenters. The highest BCUT2D eigenvalue weighted by molar-refractivity contribution is 5.38. The van der Waals surface area contributed by atoms with E-state index >= 15 is 0 Å². The van der Waals surface area contributed by atoms with E-state index in [4.69, 9.17) is 0 Å². The molecule has 8 heteroatoms. The van der Waals surface area contributed by atoms with Crippen molar-refractivity contribution in [2.45, 2.75) is 19.6 Å². The van der Waals surface area contributed by atoms with Gasteiger partial charge in [-0.05, 0) is 13.0 Å². The largest absolute Gasteiger partial charge is 0.433 e. The maximum atomic E-state index is 13.4. The van der Waals surface area contributed by atoms with Crippen molar-refractivity contribution in [1.29, 1.82) is 0 Å². The van der Waals surface area contributed by atoms with E-state index in [1.165, 1.54) is 13.0 Å². The smallest absolute Gasteiger partial charge is 0.366 e. The first-order valence-electron chi connectivity index (χ1n) is 5.86. The van der Waals surface area contributed by atoms with Crippen LogP contribution in [0.1, 0.15) is 17.1 Å². The standard InChI is InChI=1S/C13H10F5N3/c1-7-20-11(13(16,17)18)5-12(21-7)19-6-8-2-3-9(14)4-10(8)15/h2-5H,6H2,1H3,(H,19,20,21). The fourth-order valence-corrected chi connectivity index (χ4v) is 1.65. The number of hydrogen-bond acceptors (Lipinski definition) is 3. The first kappa shape index (κ1) is 15.1. The van der Waals surface area contributed by atoms with Gasteiger partial charge in [-0.15, -0.1) is 0 Å². The zero-order chi connectivity index (χ0) is 15.6. The van der Waals surface area contributed by atoms with Crippen molar-refractivity contribution >= 4 is 5.82 Å². The molecular weight excluding hydrogens is 293 g/mol. The SMILES string of the molecule is Cc1nc(NCc2ccc(F)cc2F)cc(C(F)(F)F)n1. The van der Waals surface area contributed by atoms with Gasteiger partial charge in [0, 0.05) is 24.2 Å². The van der Waals surface area contributed by atoms with E-state index in [1.807, 2.05) is 0 Å². The molecule has 112 valence electrons. The number of aryl methyl sites for hydroxylation is 1. The Kier molecular flexibility index (Phi) is 4.06. The topological polar surface area (TPSA) is 37.8 Å². The minimum absolute atomic E-state index is 0.0631. The van der Waals surface area contributed by atoms with Crippen LogP contribution in [0, 0.1) is 18.6 Å². The van der Waals surface area contributed by atoms with Gasteiger partial charge in [0.1, 0.15) is 29.0 Å². The summed E-state index contributed by atoms with van der Waals surface area (Å²) in [4.78, 5) is 7.08. The van der Waals surface area contributed by atoms with Crippen LogP contribution in [0.25, 0.3) is 0 Å². The third-order valence-electron chi connectivity index (χ3n) is 2.60. The molecule has 1 heterocycles. The minimum Gasteiger partial charge on any atom is -0.366 e. The van der Waals surface area contributed by atoms with Crippen LogP contribution in [-0.4, -0.2) is 9.97 Å². The van der Waals surface area contributed by atoms with Crippen LogP contribution in [0.4, 0.5) is 27.8 Å². The van der Waals surface area contributed by atoms with E-state index in [0.717, 1.165) is 12.1 Å². The monoisotopic (exact) mass is 303 g/mol. The van der Waals surface area contributed by atoms with Crippen LogP contribution >= 0.6 is 0 Å². The molecular formula is C13H10F5N3. The summed E-state index contributed by atoms with van der Waals surface area (Å²) in [5.41, 5.74) is -0.974.